The third kappa shape index (κ3) is 0.760. The van der Waals surface area contributed by atoms with Gasteiger partial charge in [-0.15, -0.1) is 0 Å². The molecule has 1 rings (SSSR count). The molecule has 1 aliphatic heterocycles. The van der Waals surface area contributed by atoms with Gasteiger partial charge in [0, 0.05) is 6.92 Å². The molecule has 70 valence electrons. The number of cyclic esters (lactones) is 1. The van der Waals surface area contributed by atoms with Gasteiger partial charge in [0.2, 0.25) is 0 Å². The molecule has 2 nitrogen and oxygen atoms in total. The van der Waals surface area contributed by atoms with E-state index < -0.39 is 23.7 Å². The van der Waals surface area contributed by atoms with E-state index >= 15 is 0 Å². The van der Waals surface area contributed by atoms with Crippen LogP contribution in [-0.2, 0) is 9.53 Å². The highest BCUT2D eigenvalue weighted by Crippen LogP contribution is 2.51. The summed E-state index contributed by atoms with van der Waals surface area (Å²) in [5, 5.41) is 0. The van der Waals surface area contributed by atoms with Crippen molar-refractivity contribution in [2.45, 2.75) is 24.6 Å². The van der Waals surface area contributed by atoms with E-state index in [1.807, 2.05) is 0 Å². The number of esters is 1. The fraction of sp³-hybridized carbons (Fsp3) is 0.800. The van der Waals surface area contributed by atoms with E-state index in [9.17, 15) is 26.7 Å². The van der Waals surface area contributed by atoms with Crippen molar-refractivity contribution in [3.05, 3.63) is 0 Å². The maximum Gasteiger partial charge on any atom is 0.411 e. The van der Waals surface area contributed by atoms with E-state index in [2.05, 4.69) is 4.74 Å². The van der Waals surface area contributed by atoms with Gasteiger partial charge in [-0.1, -0.05) is 0 Å². The van der Waals surface area contributed by atoms with Crippen molar-refractivity contribution >= 4 is 5.97 Å². The fourth-order valence-corrected chi connectivity index (χ4v) is 0.711. The molecule has 0 amide bonds. The van der Waals surface area contributed by atoms with E-state index in [0.29, 0.717) is 0 Å². The lowest BCUT2D eigenvalue weighted by molar-refractivity contribution is -0.257. The van der Waals surface area contributed by atoms with Crippen LogP contribution >= 0.6 is 0 Å². The van der Waals surface area contributed by atoms with Crippen molar-refractivity contribution in [1.29, 1.82) is 0 Å². The molecular weight excluding hydrogens is 187 g/mol. The average Bonchev–Trinajstić information content (AvgIpc) is 1.92. The molecule has 1 heterocycles. The number of carbonyl (C=O) groups excluding carboxylic acids is 1. The maximum absolute atomic E-state index is 12.5. The van der Waals surface area contributed by atoms with Crippen LogP contribution in [0.25, 0.3) is 0 Å². The van der Waals surface area contributed by atoms with Gasteiger partial charge >= 0.3 is 23.7 Å². The minimum Gasteiger partial charge on any atom is -0.417 e. The SMILES string of the molecule is CC1(F)OC(=O)C(F)(F)C1(F)F. The van der Waals surface area contributed by atoms with Crippen LogP contribution in [0.15, 0.2) is 0 Å². The van der Waals surface area contributed by atoms with E-state index in [0.717, 1.165) is 0 Å². The first-order valence-electron chi connectivity index (χ1n) is 2.81. The predicted octanol–water partition coefficient (Wildman–Crippen LogP) is 1.50. The molecule has 1 fully saturated rings. The quantitative estimate of drug-likeness (QED) is 0.427. The van der Waals surface area contributed by atoms with Crippen molar-refractivity contribution in [3.8, 4) is 0 Å². The minimum absolute atomic E-state index is 0.0752. The maximum atomic E-state index is 12.5. The molecule has 1 unspecified atom stereocenters. The topological polar surface area (TPSA) is 26.3 Å². The summed E-state index contributed by atoms with van der Waals surface area (Å²) in [6.45, 7) is 0.0752. The Morgan fingerprint density at radius 1 is 1.17 bits per heavy atom. The van der Waals surface area contributed by atoms with Crippen LogP contribution in [0.2, 0.25) is 0 Å². The highest BCUT2D eigenvalue weighted by atomic mass is 19.3. The first-order chi connectivity index (χ1) is 5.13. The molecule has 0 radical (unpaired) electrons. The van der Waals surface area contributed by atoms with Crippen molar-refractivity contribution < 1.29 is 31.5 Å². The molecule has 0 aromatic heterocycles. The van der Waals surface area contributed by atoms with Crippen LogP contribution in [0.5, 0.6) is 0 Å². The zero-order valence-electron chi connectivity index (χ0n) is 5.71. The summed E-state index contributed by atoms with van der Waals surface area (Å²) >= 11 is 0. The number of rotatable bonds is 0. The largest absolute Gasteiger partial charge is 0.417 e. The summed E-state index contributed by atoms with van der Waals surface area (Å²) in [6, 6.07) is 0. The number of ether oxygens (including phenoxy) is 1. The molecule has 0 bridgehead atoms. The van der Waals surface area contributed by atoms with Gasteiger partial charge in [-0.2, -0.15) is 22.0 Å². The lowest BCUT2D eigenvalue weighted by Gasteiger charge is -2.20. The predicted molar refractivity (Wildman–Crippen MR) is 25.5 cm³/mol. The third-order valence-corrected chi connectivity index (χ3v) is 1.50. The molecule has 0 N–H and O–H groups in total. The van der Waals surface area contributed by atoms with Gasteiger partial charge in [-0.05, 0) is 0 Å². The second kappa shape index (κ2) is 1.89. The molecule has 0 saturated carbocycles. The smallest absolute Gasteiger partial charge is 0.411 e. The Kier molecular flexibility index (Phi) is 1.45. The molecule has 1 saturated heterocycles. The first kappa shape index (κ1) is 9.21. The van der Waals surface area contributed by atoms with Crippen LogP contribution < -0.4 is 0 Å². The molecule has 0 aromatic rings. The number of hydrogen-bond donors (Lipinski definition) is 0. The van der Waals surface area contributed by atoms with Gasteiger partial charge in [-0.25, -0.2) is 4.79 Å². The standard InChI is InChI=1S/C5H3F5O2/c1-3(6)5(9,10)4(7,8)2(11)12-3/h1H3. The molecule has 12 heavy (non-hydrogen) atoms. The first-order valence-corrected chi connectivity index (χ1v) is 2.81. The van der Waals surface area contributed by atoms with Gasteiger partial charge in [0.1, 0.15) is 0 Å². The zero-order chi connectivity index (χ0) is 9.78. The Bertz CT molecular complexity index is 234. The minimum atomic E-state index is -5.11. The normalized spacial score (nSPS) is 38.0. The Hall–Kier alpha value is -0.880. The molecule has 1 aliphatic rings. The van der Waals surface area contributed by atoms with E-state index in [1.54, 1.807) is 0 Å². The van der Waals surface area contributed by atoms with Crippen LogP contribution in [-0.4, -0.2) is 23.7 Å². The second-order valence-electron chi connectivity index (χ2n) is 2.46. The van der Waals surface area contributed by atoms with Crippen LogP contribution in [0.1, 0.15) is 6.92 Å². The zero-order valence-corrected chi connectivity index (χ0v) is 5.71. The van der Waals surface area contributed by atoms with Crippen molar-refractivity contribution in [3.63, 3.8) is 0 Å². The Morgan fingerprint density at radius 3 is 1.67 bits per heavy atom. The molecule has 1 atom stereocenters. The number of alkyl halides is 5. The van der Waals surface area contributed by atoms with Crippen LogP contribution in [0.3, 0.4) is 0 Å². The Balaban J connectivity index is 3.19. The molecule has 7 heteroatoms. The summed E-state index contributed by atoms with van der Waals surface area (Å²) in [5.74, 6) is -16.7. The Labute approximate surface area is 63.3 Å². The van der Waals surface area contributed by atoms with Gasteiger partial charge < -0.3 is 4.74 Å². The lowest BCUT2D eigenvalue weighted by atomic mass is 10.1. The molecule has 0 spiro atoms. The summed E-state index contributed by atoms with van der Waals surface area (Å²) in [4.78, 5) is 10.0. The van der Waals surface area contributed by atoms with Gasteiger partial charge in [0.05, 0.1) is 0 Å². The van der Waals surface area contributed by atoms with Gasteiger partial charge in [0.25, 0.3) is 0 Å². The van der Waals surface area contributed by atoms with Crippen LogP contribution in [0, 0.1) is 0 Å². The molecule has 0 aliphatic carbocycles. The van der Waals surface area contributed by atoms with Crippen molar-refractivity contribution in [1.82, 2.24) is 0 Å². The van der Waals surface area contributed by atoms with Crippen molar-refractivity contribution in [2.75, 3.05) is 0 Å². The fourth-order valence-electron chi connectivity index (χ4n) is 0.711. The Morgan fingerprint density at radius 2 is 1.58 bits per heavy atom. The summed E-state index contributed by atoms with van der Waals surface area (Å²) in [5.41, 5.74) is 0. The highest BCUT2D eigenvalue weighted by molar-refractivity contribution is 5.82. The average molecular weight is 190 g/mol. The van der Waals surface area contributed by atoms with Gasteiger partial charge in [-0.3, -0.25) is 0 Å². The van der Waals surface area contributed by atoms with Crippen molar-refractivity contribution in [2.24, 2.45) is 0 Å². The number of halogens is 5. The van der Waals surface area contributed by atoms with E-state index in [4.69, 9.17) is 0 Å². The van der Waals surface area contributed by atoms with Crippen LogP contribution in [0.4, 0.5) is 22.0 Å². The number of carbonyl (C=O) groups is 1. The molecular formula is C5H3F5O2. The third-order valence-electron chi connectivity index (χ3n) is 1.50. The lowest BCUT2D eigenvalue weighted by Crippen LogP contribution is -2.48. The second-order valence-corrected chi connectivity index (χ2v) is 2.46. The van der Waals surface area contributed by atoms with E-state index in [-0.39, 0.29) is 6.92 Å². The van der Waals surface area contributed by atoms with E-state index in [1.165, 1.54) is 0 Å². The molecule has 0 aromatic carbocycles. The summed E-state index contributed by atoms with van der Waals surface area (Å²) in [6.07, 6.45) is 0. The monoisotopic (exact) mass is 190 g/mol. The van der Waals surface area contributed by atoms with Gasteiger partial charge in [0.15, 0.2) is 0 Å². The highest BCUT2D eigenvalue weighted by Gasteiger charge is 2.81. The number of hydrogen-bond acceptors (Lipinski definition) is 2. The summed E-state index contributed by atoms with van der Waals surface area (Å²) < 4.78 is 64.5. The summed E-state index contributed by atoms with van der Waals surface area (Å²) in [7, 11) is 0.